The second-order valence-electron chi connectivity index (χ2n) is 5.75. The number of nitrogens with zero attached hydrogens (tertiary/aromatic N) is 2. The molecule has 1 aliphatic heterocycles. The quantitative estimate of drug-likeness (QED) is 0.869. The van der Waals surface area contributed by atoms with Gasteiger partial charge in [0.2, 0.25) is 0 Å². The molecule has 1 saturated heterocycles. The predicted octanol–water partition coefficient (Wildman–Crippen LogP) is 1.99. The van der Waals surface area contributed by atoms with Gasteiger partial charge in [0, 0.05) is 12.6 Å². The van der Waals surface area contributed by atoms with Gasteiger partial charge in [-0.3, -0.25) is 9.80 Å². The Morgan fingerprint density at radius 2 is 1.64 bits per heavy atom. The monoisotopic (exact) mass is 308 g/mol. The van der Waals surface area contributed by atoms with Crippen LogP contribution in [-0.2, 0) is 0 Å². The van der Waals surface area contributed by atoms with Crippen molar-refractivity contribution >= 4 is 11.9 Å². The van der Waals surface area contributed by atoms with E-state index in [-0.39, 0.29) is 11.1 Å². The van der Waals surface area contributed by atoms with Gasteiger partial charge in [-0.25, -0.2) is 9.59 Å². The fraction of sp³-hybridized carbons (Fsp3) is 0.500. The fourth-order valence-corrected chi connectivity index (χ4v) is 2.40. The summed E-state index contributed by atoms with van der Waals surface area (Å²) in [6.45, 7) is 7.42. The Hall–Kier alpha value is -1.92. The largest absolute Gasteiger partial charge is 0.478 e. The molecule has 1 aromatic carbocycles. The van der Waals surface area contributed by atoms with E-state index in [4.69, 9.17) is 10.2 Å². The van der Waals surface area contributed by atoms with Gasteiger partial charge in [-0.1, -0.05) is 11.6 Å². The van der Waals surface area contributed by atoms with Gasteiger partial charge in [0.05, 0.1) is 17.3 Å². The number of benzene rings is 1. The molecule has 2 N–H and O–H groups in total. The summed E-state index contributed by atoms with van der Waals surface area (Å²) in [7, 11) is 4.35. The van der Waals surface area contributed by atoms with Crippen LogP contribution < -0.4 is 0 Å². The minimum Gasteiger partial charge on any atom is -0.478 e. The number of likely N-dealkylation sites (N-methyl/N-ethyl adjacent to an activating group) is 2. The summed E-state index contributed by atoms with van der Waals surface area (Å²) < 4.78 is 0. The van der Waals surface area contributed by atoms with Crippen molar-refractivity contribution in [2.24, 2.45) is 0 Å². The average Bonchev–Trinajstić information content (AvgIpc) is 2.65. The van der Waals surface area contributed by atoms with Gasteiger partial charge >= 0.3 is 11.9 Å². The lowest BCUT2D eigenvalue weighted by atomic mass is 10.0. The van der Waals surface area contributed by atoms with E-state index in [2.05, 4.69) is 37.7 Å². The normalized spacial score (nSPS) is 22.0. The topological polar surface area (TPSA) is 81.1 Å². The van der Waals surface area contributed by atoms with Crippen molar-refractivity contribution in [1.82, 2.24) is 9.80 Å². The second-order valence-corrected chi connectivity index (χ2v) is 5.75. The van der Waals surface area contributed by atoms with E-state index in [0.717, 1.165) is 11.6 Å². The second kappa shape index (κ2) is 7.38. The van der Waals surface area contributed by atoms with E-state index in [9.17, 15) is 9.59 Å². The third kappa shape index (κ3) is 4.29. The van der Waals surface area contributed by atoms with E-state index in [0.29, 0.717) is 6.17 Å². The minimum absolute atomic E-state index is 0.174. The molecule has 0 bridgehead atoms. The fourth-order valence-electron chi connectivity index (χ4n) is 2.40. The van der Waals surface area contributed by atoms with E-state index < -0.39 is 11.9 Å². The van der Waals surface area contributed by atoms with Gasteiger partial charge in [-0.05, 0) is 47.0 Å². The Labute approximate surface area is 131 Å². The number of carboxylic acid groups (broad SMARTS) is 2. The molecule has 2 atom stereocenters. The molecular weight excluding hydrogens is 284 g/mol. The van der Waals surface area contributed by atoms with Crippen molar-refractivity contribution in [3.8, 4) is 0 Å². The van der Waals surface area contributed by atoms with Crippen LogP contribution in [0.2, 0.25) is 0 Å². The van der Waals surface area contributed by atoms with Gasteiger partial charge in [0.1, 0.15) is 0 Å². The summed E-state index contributed by atoms with van der Waals surface area (Å²) in [6.07, 6.45) is 0.625. The Kier molecular flexibility index (Phi) is 6.08. The summed E-state index contributed by atoms with van der Waals surface area (Å²) in [5.41, 5.74) is 0.369. The van der Waals surface area contributed by atoms with Crippen molar-refractivity contribution in [1.29, 1.82) is 0 Å². The summed E-state index contributed by atoms with van der Waals surface area (Å²) in [5.74, 6) is -2.45. The molecule has 0 spiro atoms. The number of aryl methyl sites for hydroxylation is 1. The third-order valence-corrected chi connectivity index (χ3v) is 4.11. The molecule has 2 unspecified atom stereocenters. The molecule has 122 valence electrons. The Morgan fingerprint density at radius 1 is 1.09 bits per heavy atom. The standard InChI is InChI=1S/C9H8O4.C7H16N2/c1-5-2-3-6(8(10)11)7(4-5)9(12)13;1-6-5-8(3)7(2)9(6)4/h2-4H,1H3,(H,10,11)(H,12,13);6-7H,5H2,1-4H3. The van der Waals surface area contributed by atoms with Gasteiger partial charge in [0.15, 0.2) is 0 Å². The maximum Gasteiger partial charge on any atom is 0.336 e. The Morgan fingerprint density at radius 3 is 1.95 bits per heavy atom. The molecule has 2 rings (SSSR count). The molecule has 22 heavy (non-hydrogen) atoms. The highest BCUT2D eigenvalue weighted by atomic mass is 16.4. The van der Waals surface area contributed by atoms with Crippen LogP contribution in [0.25, 0.3) is 0 Å². The first-order valence-corrected chi connectivity index (χ1v) is 7.14. The molecule has 6 nitrogen and oxygen atoms in total. The van der Waals surface area contributed by atoms with Gasteiger partial charge in [0.25, 0.3) is 0 Å². The van der Waals surface area contributed by atoms with E-state index >= 15 is 0 Å². The lowest BCUT2D eigenvalue weighted by molar-refractivity contribution is 0.0651. The predicted molar refractivity (Wildman–Crippen MR) is 84.4 cm³/mol. The first kappa shape index (κ1) is 18.1. The molecule has 6 heteroatoms. The molecule has 1 aromatic rings. The van der Waals surface area contributed by atoms with Crippen molar-refractivity contribution in [3.05, 3.63) is 34.9 Å². The Bertz CT molecular complexity index is 547. The maximum absolute atomic E-state index is 10.6. The molecule has 0 aromatic heterocycles. The highest BCUT2D eigenvalue weighted by Crippen LogP contribution is 2.14. The molecule has 0 amide bonds. The van der Waals surface area contributed by atoms with Gasteiger partial charge in [-0.15, -0.1) is 0 Å². The average molecular weight is 308 g/mol. The Balaban J connectivity index is 0.000000235. The number of carbonyl (C=O) groups is 2. The van der Waals surface area contributed by atoms with Gasteiger partial charge in [-0.2, -0.15) is 0 Å². The van der Waals surface area contributed by atoms with Crippen LogP contribution in [0.15, 0.2) is 18.2 Å². The SMILES string of the molecule is CC1CN(C)C(C)N1C.Cc1ccc(C(=O)O)c(C(=O)O)c1. The first-order valence-electron chi connectivity index (χ1n) is 7.14. The molecule has 1 heterocycles. The number of aromatic carboxylic acids is 2. The molecule has 0 radical (unpaired) electrons. The van der Waals surface area contributed by atoms with Crippen LogP contribution in [0.3, 0.4) is 0 Å². The van der Waals surface area contributed by atoms with E-state index in [1.807, 2.05) is 0 Å². The van der Waals surface area contributed by atoms with E-state index in [1.165, 1.54) is 18.7 Å². The molecule has 0 saturated carbocycles. The molecule has 1 aliphatic rings. The van der Waals surface area contributed by atoms with Crippen molar-refractivity contribution in [2.45, 2.75) is 33.0 Å². The highest BCUT2D eigenvalue weighted by Gasteiger charge is 2.27. The van der Waals surface area contributed by atoms with Crippen molar-refractivity contribution in [2.75, 3.05) is 20.6 Å². The van der Waals surface area contributed by atoms with Crippen LogP contribution in [-0.4, -0.2) is 64.8 Å². The highest BCUT2D eigenvalue weighted by molar-refractivity contribution is 6.01. The summed E-state index contributed by atoms with van der Waals surface area (Å²) in [5, 5.41) is 17.3. The zero-order chi connectivity index (χ0) is 17.0. The van der Waals surface area contributed by atoms with Crippen LogP contribution in [0.1, 0.15) is 40.1 Å². The number of hydrogen-bond acceptors (Lipinski definition) is 4. The minimum atomic E-state index is -1.22. The third-order valence-electron chi connectivity index (χ3n) is 4.11. The number of rotatable bonds is 2. The number of carboxylic acids is 2. The lowest BCUT2D eigenvalue weighted by Crippen LogP contribution is -2.32. The van der Waals surface area contributed by atoms with Gasteiger partial charge < -0.3 is 10.2 Å². The first-order chi connectivity index (χ1) is 10.1. The molecule has 1 fully saturated rings. The number of hydrogen-bond donors (Lipinski definition) is 2. The van der Waals surface area contributed by atoms with Crippen LogP contribution in [0.5, 0.6) is 0 Å². The van der Waals surface area contributed by atoms with E-state index in [1.54, 1.807) is 13.0 Å². The summed E-state index contributed by atoms with van der Waals surface area (Å²) in [4.78, 5) is 25.9. The van der Waals surface area contributed by atoms with Crippen molar-refractivity contribution in [3.63, 3.8) is 0 Å². The maximum atomic E-state index is 10.6. The van der Waals surface area contributed by atoms with Crippen LogP contribution in [0.4, 0.5) is 0 Å². The van der Waals surface area contributed by atoms with Crippen LogP contribution >= 0.6 is 0 Å². The zero-order valence-corrected chi connectivity index (χ0v) is 13.7. The summed E-state index contributed by atoms with van der Waals surface area (Å²) in [6, 6.07) is 4.92. The molecule has 0 aliphatic carbocycles. The molecular formula is C16H24N2O4. The zero-order valence-electron chi connectivity index (χ0n) is 13.7. The van der Waals surface area contributed by atoms with Crippen LogP contribution in [0, 0.1) is 6.92 Å². The lowest BCUT2D eigenvalue weighted by Gasteiger charge is -2.21. The van der Waals surface area contributed by atoms with Crippen molar-refractivity contribution < 1.29 is 19.8 Å². The smallest absolute Gasteiger partial charge is 0.336 e. The summed E-state index contributed by atoms with van der Waals surface area (Å²) >= 11 is 0.